The lowest BCUT2D eigenvalue weighted by Gasteiger charge is -2.21. The highest BCUT2D eigenvalue weighted by Gasteiger charge is 2.21. The molecule has 24 heavy (non-hydrogen) atoms. The van der Waals surface area contributed by atoms with Gasteiger partial charge in [0.1, 0.15) is 11.5 Å². The summed E-state index contributed by atoms with van der Waals surface area (Å²) >= 11 is 0. The van der Waals surface area contributed by atoms with E-state index in [1.165, 1.54) is 21.7 Å². The Hall–Kier alpha value is -2.76. The van der Waals surface area contributed by atoms with Crippen molar-refractivity contribution in [1.29, 1.82) is 0 Å². The smallest absolute Gasteiger partial charge is 0.278 e. The Kier molecular flexibility index (Phi) is 5.28. The van der Waals surface area contributed by atoms with E-state index in [1.54, 1.807) is 32.0 Å². The summed E-state index contributed by atoms with van der Waals surface area (Å²) in [5.74, 6) is -0.972. The van der Waals surface area contributed by atoms with Crippen LogP contribution in [0.15, 0.2) is 47.3 Å². The van der Waals surface area contributed by atoms with Crippen molar-refractivity contribution in [2.45, 2.75) is 20.8 Å². The number of rotatable bonds is 5. The number of carbonyl (C=O) groups is 1. The predicted molar refractivity (Wildman–Crippen MR) is 90.9 cm³/mol. The van der Waals surface area contributed by atoms with Crippen LogP contribution in [0, 0.1) is 12.7 Å². The van der Waals surface area contributed by atoms with Gasteiger partial charge in [-0.25, -0.2) is 9.07 Å². The summed E-state index contributed by atoms with van der Waals surface area (Å²) < 4.78 is 15.3. The summed E-state index contributed by atoms with van der Waals surface area (Å²) in [6, 6.07) is 7.36. The summed E-state index contributed by atoms with van der Waals surface area (Å²) in [6.07, 6.45) is 0. The minimum atomic E-state index is -0.490. The molecular weight excluding hydrogens is 309 g/mol. The lowest BCUT2D eigenvalue weighted by molar-refractivity contribution is 0.0769. The van der Waals surface area contributed by atoms with Gasteiger partial charge in [0.05, 0.1) is 0 Å². The van der Waals surface area contributed by atoms with Crippen LogP contribution >= 0.6 is 0 Å². The van der Waals surface area contributed by atoms with Crippen LogP contribution in [0.25, 0.3) is 5.69 Å². The maximum atomic E-state index is 14.0. The van der Waals surface area contributed by atoms with Gasteiger partial charge < -0.3 is 4.90 Å². The third-order valence-corrected chi connectivity index (χ3v) is 3.52. The Bertz CT molecular complexity index is 842. The number of benzene rings is 1. The van der Waals surface area contributed by atoms with E-state index in [9.17, 15) is 14.0 Å². The van der Waals surface area contributed by atoms with E-state index in [-0.39, 0.29) is 11.4 Å². The number of aryl methyl sites for hydroxylation is 1. The number of hydrogen-bond donors (Lipinski definition) is 0. The topological polar surface area (TPSA) is 55.2 Å². The molecule has 1 amide bonds. The Balaban J connectivity index is 2.54. The van der Waals surface area contributed by atoms with Crippen molar-refractivity contribution in [2.75, 3.05) is 13.1 Å². The number of para-hydroxylation sites is 1. The van der Waals surface area contributed by atoms with E-state index >= 15 is 0 Å². The molecule has 0 unspecified atom stereocenters. The molecule has 0 bridgehead atoms. The molecule has 0 aliphatic carbocycles. The van der Waals surface area contributed by atoms with Gasteiger partial charge in [0, 0.05) is 24.8 Å². The van der Waals surface area contributed by atoms with Gasteiger partial charge in [-0.1, -0.05) is 24.3 Å². The van der Waals surface area contributed by atoms with Gasteiger partial charge in [0.15, 0.2) is 5.69 Å². The van der Waals surface area contributed by atoms with Crippen molar-refractivity contribution >= 4 is 5.91 Å². The first-order valence-electron chi connectivity index (χ1n) is 7.64. The lowest BCUT2D eigenvalue weighted by atomic mass is 10.2. The van der Waals surface area contributed by atoms with Crippen molar-refractivity contribution in [3.8, 4) is 5.69 Å². The number of hydrogen-bond acceptors (Lipinski definition) is 3. The van der Waals surface area contributed by atoms with Crippen molar-refractivity contribution in [2.24, 2.45) is 0 Å². The first-order chi connectivity index (χ1) is 11.3. The maximum absolute atomic E-state index is 14.0. The number of likely N-dealkylation sites (N-methyl/N-ethyl adjacent to an activating group) is 1. The number of amides is 1. The van der Waals surface area contributed by atoms with Gasteiger partial charge in [-0.2, -0.15) is 5.10 Å². The molecule has 1 aromatic heterocycles. The van der Waals surface area contributed by atoms with E-state index in [4.69, 9.17) is 0 Å². The van der Waals surface area contributed by atoms with Crippen LogP contribution < -0.4 is 5.43 Å². The molecule has 0 N–H and O–H groups in total. The van der Waals surface area contributed by atoms with Gasteiger partial charge >= 0.3 is 0 Å². The molecule has 0 aliphatic heterocycles. The molecule has 2 rings (SSSR count). The van der Waals surface area contributed by atoms with Crippen LogP contribution in [-0.2, 0) is 0 Å². The standard InChI is InChI=1S/C18H20FN3O2/c1-5-21(11-12(2)3)18(24)17-16(23)10-13(4)22(20-17)15-9-7-6-8-14(15)19/h6-10H,2,5,11H2,1,3-4H3. The fourth-order valence-electron chi connectivity index (χ4n) is 2.37. The SMILES string of the molecule is C=C(C)CN(CC)C(=O)c1nn(-c2ccccc2F)c(C)cc1=O. The number of halogens is 1. The maximum Gasteiger partial charge on any atom is 0.278 e. The Morgan fingerprint density at radius 2 is 2.04 bits per heavy atom. The highest BCUT2D eigenvalue weighted by Crippen LogP contribution is 2.13. The van der Waals surface area contributed by atoms with Crippen LogP contribution in [0.1, 0.15) is 30.0 Å². The second kappa shape index (κ2) is 7.21. The van der Waals surface area contributed by atoms with Gasteiger partial charge in [0.25, 0.3) is 5.91 Å². The van der Waals surface area contributed by atoms with Crippen molar-refractivity contribution in [1.82, 2.24) is 14.7 Å². The van der Waals surface area contributed by atoms with Gasteiger partial charge in [-0.3, -0.25) is 9.59 Å². The third kappa shape index (κ3) is 3.59. The predicted octanol–water partition coefficient (Wildman–Crippen LogP) is 2.72. The van der Waals surface area contributed by atoms with Crippen molar-refractivity contribution in [3.05, 3.63) is 69.9 Å². The molecule has 0 spiro atoms. The molecule has 0 aliphatic rings. The summed E-state index contributed by atoms with van der Waals surface area (Å²) in [6.45, 7) is 9.79. The second-order valence-corrected chi connectivity index (χ2v) is 5.64. The Morgan fingerprint density at radius 1 is 1.38 bits per heavy atom. The molecule has 126 valence electrons. The Labute approximate surface area is 140 Å². The minimum Gasteiger partial charge on any atom is -0.333 e. The van der Waals surface area contributed by atoms with Crippen LogP contribution in [0.4, 0.5) is 4.39 Å². The molecule has 6 heteroatoms. The number of carbonyl (C=O) groups excluding carboxylic acids is 1. The quantitative estimate of drug-likeness (QED) is 0.793. The molecule has 0 fully saturated rings. The Morgan fingerprint density at radius 3 is 2.62 bits per heavy atom. The van der Waals surface area contributed by atoms with Crippen molar-refractivity contribution < 1.29 is 9.18 Å². The molecule has 0 saturated carbocycles. The van der Waals surface area contributed by atoms with E-state index in [0.29, 0.717) is 18.8 Å². The zero-order chi connectivity index (χ0) is 17.9. The second-order valence-electron chi connectivity index (χ2n) is 5.64. The van der Waals surface area contributed by atoms with E-state index in [2.05, 4.69) is 11.7 Å². The average molecular weight is 329 g/mol. The molecule has 5 nitrogen and oxygen atoms in total. The number of nitrogens with zero attached hydrogens (tertiary/aromatic N) is 3. The summed E-state index contributed by atoms with van der Waals surface area (Å²) in [7, 11) is 0. The van der Waals surface area contributed by atoms with E-state index < -0.39 is 17.2 Å². The van der Waals surface area contributed by atoms with Crippen LogP contribution in [0.5, 0.6) is 0 Å². The van der Waals surface area contributed by atoms with Crippen molar-refractivity contribution in [3.63, 3.8) is 0 Å². The van der Waals surface area contributed by atoms with Crippen LogP contribution in [0.2, 0.25) is 0 Å². The monoisotopic (exact) mass is 329 g/mol. The molecule has 0 radical (unpaired) electrons. The first-order valence-corrected chi connectivity index (χ1v) is 7.64. The molecule has 1 heterocycles. The zero-order valence-electron chi connectivity index (χ0n) is 14.0. The first kappa shape index (κ1) is 17.6. The van der Waals surface area contributed by atoms with Gasteiger partial charge in [-0.05, 0) is 32.9 Å². The summed E-state index contributed by atoms with van der Waals surface area (Å²) in [5.41, 5.74) is 0.723. The van der Waals surface area contributed by atoms with E-state index in [0.717, 1.165) is 5.57 Å². The lowest BCUT2D eigenvalue weighted by Crippen LogP contribution is -2.37. The van der Waals surface area contributed by atoms with Gasteiger partial charge in [0.2, 0.25) is 5.43 Å². The largest absolute Gasteiger partial charge is 0.333 e. The summed E-state index contributed by atoms with van der Waals surface area (Å²) in [4.78, 5) is 26.3. The molecule has 1 aromatic carbocycles. The molecule has 2 aromatic rings. The average Bonchev–Trinajstić information content (AvgIpc) is 2.53. The van der Waals surface area contributed by atoms with Crippen LogP contribution in [0.3, 0.4) is 0 Å². The highest BCUT2D eigenvalue weighted by atomic mass is 19.1. The fourth-order valence-corrected chi connectivity index (χ4v) is 2.37. The van der Waals surface area contributed by atoms with Gasteiger partial charge in [-0.15, -0.1) is 0 Å². The normalized spacial score (nSPS) is 10.5. The number of aromatic nitrogens is 2. The fraction of sp³-hybridized carbons (Fsp3) is 0.278. The third-order valence-electron chi connectivity index (χ3n) is 3.52. The molecular formula is C18H20FN3O2. The summed E-state index contributed by atoms with van der Waals surface area (Å²) in [5, 5.41) is 4.12. The molecule has 0 atom stereocenters. The van der Waals surface area contributed by atoms with Crippen LogP contribution in [-0.4, -0.2) is 33.7 Å². The molecule has 0 saturated heterocycles. The van der Waals surface area contributed by atoms with E-state index in [1.807, 2.05) is 6.92 Å². The highest BCUT2D eigenvalue weighted by molar-refractivity contribution is 5.92. The minimum absolute atomic E-state index is 0.187. The zero-order valence-corrected chi connectivity index (χ0v) is 14.0.